The zero-order chi connectivity index (χ0) is 16.0. The highest BCUT2D eigenvalue weighted by Crippen LogP contribution is 2.24. The first-order valence-electron chi connectivity index (χ1n) is 8.26. The molecule has 0 bridgehead atoms. The van der Waals surface area contributed by atoms with Gasteiger partial charge in [0.25, 0.3) is 0 Å². The molecule has 22 heavy (non-hydrogen) atoms. The highest BCUT2D eigenvalue weighted by molar-refractivity contribution is 5.78. The Morgan fingerprint density at radius 2 is 2.00 bits per heavy atom. The van der Waals surface area contributed by atoms with Crippen molar-refractivity contribution in [2.75, 3.05) is 0 Å². The largest absolute Gasteiger partial charge is 0.490 e. The van der Waals surface area contributed by atoms with Gasteiger partial charge in [-0.15, -0.1) is 0 Å². The first-order valence-corrected chi connectivity index (χ1v) is 8.26. The SMILES string of the molecule is CC(C)(C)NC(N)=NCc1cccc(OC2CCCCC2)c1. The van der Waals surface area contributed by atoms with Crippen LogP contribution in [-0.4, -0.2) is 17.6 Å². The van der Waals surface area contributed by atoms with E-state index in [4.69, 9.17) is 10.5 Å². The minimum Gasteiger partial charge on any atom is -0.490 e. The maximum absolute atomic E-state index is 6.09. The molecule has 2 rings (SSSR count). The number of guanidine groups is 1. The van der Waals surface area contributed by atoms with Crippen LogP contribution in [0.4, 0.5) is 0 Å². The number of ether oxygens (including phenoxy) is 1. The summed E-state index contributed by atoms with van der Waals surface area (Å²) in [6, 6.07) is 8.18. The molecule has 0 unspecified atom stereocenters. The zero-order valence-electron chi connectivity index (χ0n) is 14.1. The molecule has 1 aliphatic carbocycles. The molecule has 4 heteroatoms. The third-order valence-electron chi connectivity index (χ3n) is 3.69. The molecule has 1 fully saturated rings. The van der Waals surface area contributed by atoms with Gasteiger partial charge in [-0.05, 0) is 64.2 Å². The molecule has 1 aromatic rings. The van der Waals surface area contributed by atoms with Crippen LogP contribution in [0, 0.1) is 0 Å². The summed E-state index contributed by atoms with van der Waals surface area (Å²) in [6.45, 7) is 6.76. The Bertz CT molecular complexity index is 499. The van der Waals surface area contributed by atoms with Gasteiger partial charge in [0.15, 0.2) is 5.96 Å². The highest BCUT2D eigenvalue weighted by atomic mass is 16.5. The molecule has 0 aromatic heterocycles. The maximum atomic E-state index is 6.09. The molecule has 0 radical (unpaired) electrons. The smallest absolute Gasteiger partial charge is 0.189 e. The molecule has 1 aromatic carbocycles. The lowest BCUT2D eigenvalue weighted by molar-refractivity contribution is 0.155. The van der Waals surface area contributed by atoms with Crippen molar-refractivity contribution in [2.45, 2.75) is 71.1 Å². The molecule has 3 N–H and O–H groups in total. The summed E-state index contributed by atoms with van der Waals surface area (Å²) in [6.07, 6.45) is 6.62. The Kier molecular flexibility index (Phi) is 5.69. The minimum absolute atomic E-state index is 0.0699. The van der Waals surface area contributed by atoms with Crippen LogP contribution in [0.2, 0.25) is 0 Å². The molecule has 0 aliphatic heterocycles. The van der Waals surface area contributed by atoms with Crippen molar-refractivity contribution in [1.82, 2.24) is 5.32 Å². The molecule has 4 nitrogen and oxygen atoms in total. The van der Waals surface area contributed by atoms with Gasteiger partial charge in [0, 0.05) is 5.54 Å². The monoisotopic (exact) mass is 303 g/mol. The summed E-state index contributed by atoms with van der Waals surface area (Å²) < 4.78 is 6.09. The molecule has 0 amide bonds. The van der Waals surface area contributed by atoms with Crippen LogP contribution in [0.3, 0.4) is 0 Å². The fraction of sp³-hybridized carbons (Fsp3) is 0.611. The number of nitrogens with two attached hydrogens (primary N) is 1. The molecule has 122 valence electrons. The number of hydrogen-bond acceptors (Lipinski definition) is 2. The van der Waals surface area contributed by atoms with Gasteiger partial charge in [-0.1, -0.05) is 18.6 Å². The second kappa shape index (κ2) is 7.52. The summed E-state index contributed by atoms with van der Waals surface area (Å²) >= 11 is 0. The summed E-state index contributed by atoms with van der Waals surface area (Å²) in [7, 11) is 0. The number of nitrogens with one attached hydrogen (secondary N) is 1. The van der Waals surface area contributed by atoms with Crippen molar-refractivity contribution < 1.29 is 4.74 Å². The van der Waals surface area contributed by atoms with Gasteiger partial charge in [0.1, 0.15) is 5.75 Å². The van der Waals surface area contributed by atoms with E-state index in [-0.39, 0.29) is 5.54 Å². The van der Waals surface area contributed by atoms with Gasteiger partial charge >= 0.3 is 0 Å². The highest BCUT2D eigenvalue weighted by Gasteiger charge is 2.14. The first-order chi connectivity index (χ1) is 10.4. The van der Waals surface area contributed by atoms with E-state index in [1.54, 1.807) is 0 Å². The predicted molar refractivity (Wildman–Crippen MR) is 92.2 cm³/mol. The molecule has 0 heterocycles. The minimum atomic E-state index is -0.0699. The Balaban J connectivity index is 1.92. The number of aliphatic imine (C=N–C) groups is 1. The summed E-state index contributed by atoms with van der Waals surface area (Å²) in [4.78, 5) is 4.40. The van der Waals surface area contributed by atoms with Crippen molar-refractivity contribution in [2.24, 2.45) is 10.7 Å². The van der Waals surface area contributed by atoms with E-state index in [0.717, 1.165) is 11.3 Å². The topological polar surface area (TPSA) is 59.6 Å². The number of benzene rings is 1. The van der Waals surface area contributed by atoms with Crippen LogP contribution in [-0.2, 0) is 6.54 Å². The van der Waals surface area contributed by atoms with Crippen LogP contribution < -0.4 is 15.8 Å². The second-order valence-electron chi connectivity index (χ2n) is 7.10. The Morgan fingerprint density at radius 3 is 2.68 bits per heavy atom. The molecule has 0 saturated heterocycles. The van der Waals surface area contributed by atoms with Gasteiger partial charge in [0.2, 0.25) is 0 Å². The molecule has 1 aliphatic rings. The van der Waals surface area contributed by atoms with Gasteiger partial charge < -0.3 is 15.8 Å². The lowest BCUT2D eigenvalue weighted by atomic mass is 9.98. The lowest BCUT2D eigenvalue weighted by Gasteiger charge is -2.23. The van der Waals surface area contributed by atoms with E-state index >= 15 is 0 Å². The van der Waals surface area contributed by atoms with E-state index in [9.17, 15) is 0 Å². The molecule has 0 spiro atoms. The van der Waals surface area contributed by atoms with Gasteiger partial charge in [-0.2, -0.15) is 0 Å². The molecule has 1 saturated carbocycles. The van der Waals surface area contributed by atoms with Crippen molar-refractivity contribution in [1.29, 1.82) is 0 Å². The van der Waals surface area contributed by atoms with Crippen LogP contribution in [0.5, 0.6) is 5.75 Å². The van der Waals surface area contributed by atoms with Crippen LogP contribution in [0.15, 0.2) is 29.3 Å². The van der Waals surface area contributed by atoms with Gasteiger partial charge in [-0.3, -0.25) is 0 Å². The summed E-state index contributed by atoms with van der Waals surface area (Å²) in [5.41, 5.74) is 6.95. The Hall–Kier alpha value is -1.71. The van der Waals surface area contributed by atoms with Crippen LogP contribution in [0.1, 0.15) is 58.4 Å². The molecular weight excluding hydrogens is 274 g/mol. The van der Waals surface area contributed by atoms with E-state index in [0.29, 0.717) is 18.6 Å². The fourth-order valence-corrected chi connectivity index (χ4v) is 2.69. The van der Waals surface area contributed by atoms with Gasteiger partial charge in [-0.25, -0.2) is 4.99 Å². The summed E-state index contributed by atoms with van der Waals surface area (Å²) in [5.74, 6) is 1.42. The van der Waals surface area contributed by atoms with Gasteiger partial charge in [0.05, 0.1) is 12.6 Å². The lowest BCUT2D eigenvalue weighted by Crippen LogP contribution is -2.44. The van der Waals surface area contributed by atoms with E-state index in [1.165, 1.54) is 32.1 Å². The quantitative estimate of drug-likeness (QED) is 0.660. The Labute approximate surface area is 134 Å². The number of rotatable bonds is 4. The third-order valence-corrected chi connectivity index (χ3v) is 3.69. The van der Waals surface area contributed by atoms with E-state index < -0.39 is 0 Å². The molecular formula is C18H29N3O. The fourth-order valence-electron chi connectivity index (χ4n) is 2.69. The van der Waals surface area contributed by atoms with Crippen LogP contribution in [0.25, 0.3) is 0 Å². The average Bonchev–Trinajstić information content (AvgIpc) is 2.45. The molecule has 0 atom stereocenters. The van der Waals surface area contributed by atoms with Crippen molar-refractivity contribution in [3.63, 3.8) is 0 Å². The second-order valence-corrected chi connectivity index (χ2v) is 7.10. The zero-order valence-corrected chi connectivity index (χ0v) is 14.1. The van der Waals surface area contributed by atoms with Crippen molar-refractivity contribution in [3.05, 3.63) is 29.8 Å². The predicted octanol–water partition coefficient (Wildman–Crippen LogP) is 3.60. The standard InChI is InChI=1S/C18H29N3O/c1-18(2,3)21-17(19)20-13-14-8-7-11-16(12-14)22-15-9-5-4-6-10-15/h7-8,11-12,15H,4-6,9-10,13H2,1-3H3,(H3,19,20,21). The van der Waals surface area contributed by atoms with Crippen molar-refractivity contribution in [3.8, 4) is 5.75 Å². The third kappa shape index (κ3) is 5.96. The number of nitrogens with zero attached hydrogens (tertiary/aromatic N) is 1. The van der Waals surface area contributed by atoms with E-state index in [2.05, 4.69) is 43.2 Å². The average molecular weight is 303 g/mol. The summed E-state index contributed by atoms with van der Waals surface area (Å²) in [5, 5.41) is 3.17. The van der Waals surface area contributed by atoms with Crippen LogP contribution >= 0.6 is 0 Å². The normalized spacial score (nSPS) is 17.3. The first kappa shape index (κ1) is 16.7. The maximum Gasteiger partial charge on any atom is 0.189 e. The Morgan fingerprint density at radius 1 is 1.27 bits per heavy atom. The van der Waals surface area contributed by atoms with E-state index in [1.807, 2.05) is 12.1 Å². The number of hydrogen-bond donors (Lipinski definition) is 2. The van der Waals surface area contributed by atoms with Crippen molar-refractivity contribution >= 4 is 5.96 Å².